The van der Waals surface area contributed by atoms with Crippen LogP contribution in [0, 0.1) is 0 Å². The molecule has 2 aromatic rings. The first-order chi connectivity index (χ1) is 8.25. The smallest absolute Gasteiger partial charge is 0.338 e. The molecule has 1 heterocycles. The number of carbonyl (C=O) groups is 1. The second kappa shape index (κ2) is 5.07. The Bertz CT molecular complexity index is 514. The molecule has 17 heavy (non-hydrogen) atoms. The maximum Gasteiger partial charge on any atom is 0.338 e. The zero-order chi connectivity index (χ0) is 12.1. The third-order valence-corrected chi connectivity index (χ3v) is 2.07. The van der Waals surface area contributed by atoms with Gasteiger partial charge in [-0.15, -0.1) is 0 Å². The molecule has 0 amide bonds. The molecular formula is C12H11N3O2. The van der Waals surface area contributed by atoms with E-state index >= 15 is 0 Å². The molecule has 0 unspecified atom stereocenters. The highest BCUT2D eigenvalue weighted by molar-refractivity contribution is 5.90. The zero-order valence-electron chi connectivity index (χ0n) is 9.04. The topological polar surface area (TPSA) is 78.1 Å². The minimum absolute atomic E-state index is 0.0501. The van der Waals surface area contributed by atoms with Gasteiger partial charge in [0.2, 0.25) is 0 Å². The monoisotopic (exact) mass is 229 g/mol. The van der Waals surface area contributed by atoms with Gasteiger partial charge in [0.1, 0.15) is 0 Å². The highest BCUT2D eigenvalue weighted by Gasteiger charge is 2.07. The van der Waals surface area contributed by atoms with Gasteiger partial charge in [-0.05, 0) is 24.3 Å². The summed E-state index contributed by atoms with van der Waals surface area (Å²) in [5.41, 5.74) is 6.51. The summed E-state index contributed by atoms with van der Waals surface area (Å²) in [6.07, 6.45) is 3.19. The van der Waals surface area contributed by atoms with Crippen LogP contribution in [0.15, 0.2) is 42.7 Å². The Kier molecular flexibility index (Phi) is 3.30. The zero-order valence-corrected chi connectivity index (χ0v) is 9.04. The number of esters is 1. The lowest BCUT2D eigenvalue weighted by Crippen LogP contribution is -2.07. The van der Waals surface area contributed by atoms with Gasteiger partial charge in [-0.1, -0.05) is 6.07 Å². The minimum Gasteiger partial charge on any atom is -0.454 e. The Labute approximate surface area is 98.3 Å². The van der Waals surface area contributed by atoms with Gasteiger partial charge in [-0.3, -0.25) is 0 Å². The molecular weight excluding hydrogens is 218 g/mol. The van der Waals surface area contributed by atoms with E-state index in [1.807, 2.05) is 0 Å². The number of benzene rings is 1. The van der Waals surface area contributed by atoms with E-state index in [1.54, 1.807) is 42.7 Å². The highest BCUT2D eigenvalue weighted by atomic mass is 16.5. The van der Waals surface area contributed by atoms with Crippen LogP contribution in [0.5, 0.6) is 0 Å². The van der Waals surface area contributed by atoms with Crippen molar-refractivity contribution in [2.45, 2.75) is 6.61 Å². The molecule has 2 rings (SSSR count). The lowest BCUT2D eigenvalue weighted by Gasteiger charge is -2.04. The van der Waals surface area contributed by atoms with Gasteiger partial charge in [-0.25, -0.2) is 14.8 Å². The Hall–Kier alpha value is -2.43. The first-order valence-corrected chi connectivity index (χ1v) is 5.04. The SMILES string of the molecule is Nc1cccc(C(=O)OCc2ncccn2)c1. The Morgan fingerprint density at radius 1 is 1.24 bits per heavy atom. The number of aromatic nitrogens is 2. The second-order valence-corrected chi connectivity index (χ2v) is 3.37. The van der Waals surface area contributed by atoms with E-state index in [0.29, 0.717) is 17.1 Å². The molecule has 0 aliphatic carbocycles. The van der Waals surface area contributed by atoms with Crippen LogP contribution in [-0.2, 0) is 11.3 Å². The van der Waals surface area contributed by atoms with Crippen LogP contribution in [0.25, 0.3) is 0 Å². The van der Waals surface area contributed by atoms with E-state index in [9.17, 15) is 4.79 Å². The molecule has 5 nitrogen and oxygen atoms in total. The average Bonchev–Trinajstić information content (AvgIpc) is 2.37. The van der Waals surface area contributed by atoms with Crippen molar-refractivity contribution in [3.05, 3.63) is 54.1 Å². The summed E-state index contributed by atoms with van der Waals surface area (Å²) < 4.78 is 5.05. The van der Waals surface area contributed by atoms with Crippen molar-refractivity contribution in [3.63, 3.8) is 0 Å². The van der Waals surface area contributed by atoms with Crippen molar-refractivity contribution in [3.8, 4) is 0 Å². The van der Waals surface area contributed by atoms with Gasteiger partial charge < -0.3 is 10.5 Å². The molecule has 86 valence electrons. The maximum absolute atomic E-state index is 11.6. The molecule has 0 bridgehead atoms. The number of rotatable bonds is 3. The quantitative estimate of drug-likeness (QED) is 0.636. The Balaban J connectivity index is 1.98. The molecule has 0 fully saturated rings. The molecule has 5 heteroatoms. The van der Waals surface area contributed by atoms with Crippen molar-refractivity contribution in [2.75, 3.05) is 5.73 Å². The van der Waals surface area contributed by atoms with Gasteiger partial charge in [0.05, 0.1) is 5.56 Å². The van der Waals surface area contributed by atoms with Crippen LogP contribution in [0.2, 0.25) is 0 Å². The number of hydrogen-bond acceptors (Lipinski definition) is 5. The number of ether oxygens (including phenoxy) is 1. The number of hydrogen-bond donors (Lipinski definition) is 1. The first kappa shape index (κ1) is 11.1. The average molecular weight is 229 g/mol. The fraction of sp³-hybridized carbons (Fsp3) is 0.0833. The van der Waals surface area contributed by atoms with Crippen LogP contribution in [0.1, 0.15) is 16.2 Å². The lowest BCUT2D eigenvalue weighted by atomic mass is 10.2. The summed E-state index contributed by atoms with van der Waals surface area (Å²) in [6.45, 7) is 0.0501. The van der Waals surface area contributed by atoms with Crippen LogP contribution in [0.3, 0.4) is 0 Å². The van der Waals surface area contributed by atoms with Crippen LogP contribution in [0.4, 0.5) is 5.69 Å². The van der Waals surface area contributed by atoms with Gasteiger partial charge in [-0.2, -0.15) is 0 Å². The van der Waals surface area contributed by atoms with E-state index in [2.05, 4.69) is 9.97 Å². The van der Waals surface area contributed by atoms with Crippen LogP contribution < -0.4 is 5.73 Å². The molecule has 2 N–H and O–H groups in total. The predicted octanol–water partition coefficient (Wildman–Crippen LogP) is 1.42. The standard InChI is InChI=1S/C12H11N3O2/c13-10-4-1-3-9(7-10)12(16)17-8-11-14-5-2-6-15-11/h1-7H,8,13H2. The fourth-order valence-electron chi connectivity index (χ4n) is 1.28. The van der Waals surface area contributed by atoms with Crippen molar-refractivity contribution in [1.82, 2.24) is 9.97 Å². The third kappa shape index (κ3) is 3.01. The van der Waals surface area contributed by atoms with E-state index < -0.39 is 5.97 Å². The van der Waals surface area contributed by atoms with E-state index in [-0.39, 0.29) is 6.61 Å². The molecule has 0 radical (unpaired) electrons. The second-order valence-electron chi connectivity index (χ2n) is 3.37. The molecule has 0 aliphatic heterocycles. The summed E-state index contributed by atoms with van der Waals surface area (Å²) in [5.74, 6) is 0.0227. The summed E-state index contributed by atoms with van der Waals surface area (Å²) in [5, 5.41) is 0. The molecule has 0 atom stereocenters. The predicted molar refractivity (Wildman–Crippen MR) is 62.0 cm³/mol. The number of nitrogens with two attached hydrogens (primary N) is 1. The Morgan fingerprint density at radius 3 is 2.71 bits per heavy atom. The van der Waals surface area contributed by atoms with Gasteiger partial charge >= 0.3 is 5.97 Å². The Morgan fingerprint density at radius 2 is 2.00 bits per heavy atom. The normalized spacial score (nSPS) is 9.88. The van der Waals surface area contributed by atoms with Crippen molar-refractivity contribution in [1.29, 1.82) is 0 Å². The van der Waals surface area contributed by atoms with E-state index in [4.69, 9.17) is 10.5 Å². The molecule has 1 aromatic heterocycles. The van der Waals surface area contributed by atoms with Crippen molar-refractivity contribution < 1.29 is 9.53 Å². The van der Waals surface area contributed by atoms with E-state index in [1.165, 1.54) is 0 Å². The molecule has 0 saturated carbocycles. The highest BCUT2D eigenvalue weighted by Crippen LogP contribution is 2.08. The molecule has 0 spiro atoms. The third-order valence-electron chi connectivity index (χ3n) is 2.07. The summed E-state index contributed by atoms with van der Waals surface area (Å²) >= 11 is 0. The maximum atomic E-state index is 11.6. The van der Waals surface area contributed by atoms with Crippen LogP contribution in [-0.4, -0.2) is 15.9 Å². The van der Waals surface area contributed by atoms with Crippen molar-refractivity contribution in [2.24, 2.45) is 0 Å². The summed E-state index contributed by atoms with van der Waals surface area (Å²) in [7, 11) is 0. The fourth-order valence-corrected chi connectivity index (χ4v) is 1.28. The largest absolute Gasteiger partial charge is 0.454 e. The first-order valence-electron chi connectivity index (χ1n) is 5.04. The minimum atomic E-state index is -0.440. The molecule has 0 aliphatic rings. The van der Waals surface area contributed by atoms with Gasteiger partial charge in [0, 0.05) is 18.1 Å². The van der Waals surface area contributed by atoms with Crippen molar-refractivity contribution >= 4 is 11.7 Å². The van der Waals surface area contributed by atoms with Gasteiger partial charge in [0.25, 0.3) is 0 Å². The lowest BCUT2D eigenvalue weighted by molar-refractivity contribution is 0.0462. The molecule has 1 aromatic carbocycles. The number of anilines is 1. The molecule has 0 saturated heterocycles. The number of nitrogen functional groups attached to an aromatic ring is 1. The van der Waals surface area contributed by atoms with Gasteiger partial charge in [0.15, 0.2) is 12.4 Å². The summed E-state index contributed by atoms with van der Waals surface area (Å²) in [4.78, 5) is 19.5. The number of nitrogens with zero attached hydrogens (tertiary/aromatic N) is 2. The number of carbonyl (C=O) groups excluding carboxylic acids is 1. The summed E-state index contributed by atoms with van der Waals surface area (Å²) in [6, 6.07) is 8.31. The van der Waals surface area contributed by atoms with E-state index in [0.717, 1.165) is 0 Å². The van der Waals surface area contributed by atoms with Crippen LogP contribution >= 0.6 is 0 Å².